The summed E-state index contributed by atoms with van der Waals surface area (Å²) in [5.41, 5.74) is 4.66. The number of hydrazine groups is 1. The molecule has 4 amide bonds. The molecule has 1 saturated heterocycles. The molecule has 0 aliphatic carbocycles. The summed E-state index contributed by atoms with van der Waals surface area (Å²) in [4.78, 5) is 41.2. The molecule has 1 aliphatic rings. The molecule has 2 aromatic rings. The number of alkyl halides is 3. The minimum atomic E-state index is -5.10. The monoisotopic (exact) mass is 467 g/mol. The smallest absolute Gasteiger partial charge is 0.334 e. The first-order valence-electron chi connectivity index (χ1n) is 9.56. The summed E-state index contributed by atoms with van der Waals surface area (Å²) in [6.45, 7) is 1.36. The minimum absolute atomic E-state index is 0.0498. The van der Waals surface area contributed by atoms with Crippen LogP contribution < -0.4 is 16.2 Å². The highest BCUT2D eigenvalue weighted by Gasteiger charge is 2.39. The Balaban J connectivity index is 1.48. The number of thioether (sulfide) groups is 1. The molecule has 3 rings (SSSR count). The second kappa shape index (κ2) is 10.4. The lowest BCUT2D eigenvalue weighted by Gasteiger charge is -2.32. The van der Waals surface area contributed by atoms with Crippen molar-refractivity contribution < 1.29 is 27.6 Å². The zero-order chi connectivity index (χ0) is 23.1. The lowest BCUT2D eigenvalue weighted by Crippen LogP contribution is -2.47. The van der Waals surface area contributed by atoms with Crippen molar-refractivity contribution in [2.45, 2.75) is 18.0 Å². The number of amides is 4. The fourth-order valence-electron chi connectivity index (χ4n) is 2.90. The van der Waals surface area contributed by atoms with Crippen LogP contribution in [0, 0.1) is 0 Å². The number of carbonyl (C=O) groups is 3. The predicted molar refractivity (Wildman–Crippen MR) is 111 cm³/mol. The molecule has 1 aliphatic heterocycles. The third kappa shape index (κ3) is 6.36. The van der Waals surface area contributed by atoms with E-state index in [1.165, 1.54) is 17.6 Å². The molecule has 1 fully saturated rings. The molecular formula is C20H20F3N5O3S. The largest absolute Gasteiger partial charge is 0.472 e. The van der Waals surface area contributed by atoms with E-state index in [0.717, 1.165) is 11.4 Å². The van der Waals surface area contributed by atoms with Crippen LogP contribution in [0.4, 0.5) is 18.0 Å². The van der Waals surface area contributed by atoms with Gasteiger partial charge in [-0.05, 0) is 29.8 Å². The summed E-state index contributed by atoms with van der Waals surface area (Å²) < 4.78 is 36.4. The molecule has 1 aromatic heterocycles. The van der Waals surface area contributed by atoms with E-state index >= 15 is 0 Å². The molecule has 0 radical (unpaired) electrons. The number of hydrogen-bond acceptors (Lipinski definition) is 5. The third-order valence-electron chi connectivity index (χ3n) is 4.58. The fourth-order valence-corrected chi connectivity index (χ4v) is 4.10. The standard InChI is InChI=1S/C20H20F3N5O3S/c21-20(22,23)18(30)27-26-17(29)14-6-4-13(5-7-14)11-25-19(31)28-9-10-32-16(12-28)15-3-1-2-8-24-15/h1-8,16H,9-12H2,(H,25,31)(H,26,29)(H,27,30). The number of hydrogen-bond donors (Lipinski definition) is 3. The number of aromatic nitrogens is 1. The van der Waals surface area contributed by atoms with Crippen molar-refractivity contribution in [1.82, 2.24) is 26.1 Å². The van der Waals surface area contributed by atoms with Crippen molar-refractivity contribution >= 4 is 29.6 Å². The summed E-state index contributed by atoms with van der Waals surface area (Å²) in [6.07, 6.45) is -3.37. The van der Waals surface area contributed by atoms with Crippen LogP contribution in [0.2, 0.25) is 0 Å². The maximum absolute atomic E-state index is 12.5. The average Bonchev–Trinajstić information content (AvgIpc) is 2.81. The first kappa shape index (κ1) is 23.4. The maximum atomic E-state index is 12.5. The van der Waals surface area contributed by atoms with Crippen molar-refractivity contribution in [2.75, 3.05) is 18.8 Å². The molecule has 12 heteroatoms. The quantitative estimate of drug-likeness (QED) is 0.600. The van der Waals surface area contributed by atoms with Gasteiger partial charge in [0.05, 0.1) is 10.9 Å². The number of nitrogens with one attached hydrogen (secondary N) is 3. The second-order valence-electron chi connectivity index (χ2n) is 6.82. The highest BCUT2D eigenvalue weighted by atomic mass is 32.2. The van der Waals surface area contributed by atoms with Gasteiger partial charge in [0.2, 0.25) is 0 Å². The minimum Gasteiger partial charge on any atom is -0.334 e. The molecule has 1 unspecified atom stereocenters. The van der Waals surface area contributed by atoms with Crippen LogP contribution in [0.3, 0.4) is 0 Å². The highest BCUT2D eigenvalue weighted by molar-refractivity contribution is 7.99. The topological polar surface area (TPSA) is 103 Å². The first-order chi connectivity index (χ1) is 15.2. The number of pyridine rings is 1. The Kier molecular flexibility index (Phi) is 7.57. The van der Waals surface area contributed by atoms with Gasteiger partial charge in [-0.1, -0.05) is 18.2 Å². The molecule has 1 atom stereocenters. The van der Waals surface area contributed by atoms with Gasteiger partial charge in [0.15, 0.2) is 0 Å². The van der Waals surface area contributed by atoms with Gasteiger partial charge in [-0.3, -0.25) is 25.4 Å². The molecule has 2 heterocycles. The lowest BCUT2D eigenvalue weighted by molar-refractivity contribution is -0.174. The molecule has 170 valence electrons. The van der Waals surface area contributed by atoms with Crippen LogP contribution in [-0.4, -0.2) is 52.7 Å². The van der Waals surface area contributed by atoms with Gasteiger partial charge in [-0.15, -0.1) is 11.8 Å². The Bertz CT molecular complexity index is 957. The van der Waals surface area contributed by atoms with Gasteiger partial charge < -0.3 is 10.2 Å². The Morgan fingerprint density at radius 2 is 1.84 bits per heavy atom. The zero-order valence-electron chi connectivity index (χ0n) is 16.7. The summed E-state index contributed by atoms with van der Waals surface area (Å²) in [6, 6.07) is 11.3. The Hall–Kier alpha value is -3.28. The molecule has 3 N–H and O–H groups in total. The SMILES string of the molecule is O=C(NNC(=O)C(F)(F)F)c1ccc(CNC(=O)N2CCSC(c3ccccn3)C2)cc1. The van der Waals surface area contributed by atoms with Gasteiger partial charge in [0, 0.05) is 37.1 Å². The highest BCUT2D eigenvalue weighted by Crippen LogP contribution is 2.31. The van der Waals surface area contributed by atoms with Gasteiger partial charge in [0.25, 0.3) is 5.91 Å². The Morgan fingerprint density at radius 1 is 1.09 bits per heavy atom. The molecule has 8 nitrogen and oxygen atoms in total. The molecule has 0 bridgehead atoms. The van der Waals surface area contributed by atoms with E-state index in [1.54, 1.807) is 40.4 Å². The Morgan fingerprint density at radius 3 is 2.50 bits per heavy atom. The van der Waals surface area contributed by atoms with Crippen molar-refractivity contribution in [3.8, 4) is 0 Å². The van der Waals surface area contributed by atoms with Crippen molar-refractivity contribution in [3.05, 3.63) is 65.5 Å². The van der Waals surface area contributed by atoms with E-state index < -0.39 is 18.0 Å². The van der Waals surface area contributed by atoms with Gasteiger partial charge in [-0.2, -0.15) is 13.2 Å². The predicted octanol–water partition coefficient (Wildman–Crippen LogP) is 2.40. The van der Waals surface area contributed by atoms with Crippen molar-refractivity contribution in [3.63, 3.8) is 0 Å². The molecule has 0 spiro atoms. The number of benzene rings is 1. The Labute approximate surface area is 185 Å². The van der Waals surface area contributed by atoms with E-state index in [0.29, 0.717) is 18.7 Å². The number of carbonyl (C=O) groups excluding carboxylic acids is 3. The zero-order valence-corrected chi connectivity index (χ0v) is 17.5. The van der Waals surface area contributed by atoms with Gasteiger partial charge in [-0.25, -0.2) is 4.79 Å². The van der Waals surface area contributed by atoms with Gasteiger partial charge >= 0.3 is 18.1 Å². The summed E-state index contributed by atoms with van der Waals surface area (Å²) in [7, 11) is 0. The molecule has 32 heavy (non-hydrogen) atoms. The normalized spacial score (nSPS) is 16.2. The number of nitrogens with zero attached hydrogens (tertiary/aromatic N) is 2. The fraction of sp³-hybridized carbons (Fsp3) is 0.300. The summed E-state index contributed by atoms with van der Waals surface area (Å²) in [5, 5.41) is 2.92. The van der Waals surface area contributed by atoms with E-state index in [9.17, 15) is 27.6 Å². The first-order valence-corrected chi connectivity index (χ1v) is 10.6. The maximum Gasteiger partial charge on any atom is 0.472 e. The van der Waals surface area contributed by atoms with E-state index in [4.69, 9.17) is 0 Å². The van der Waals surface area contributed by atoms with Crippen molar-refractivity contribution in [1.29, 1.82) is 0 Å². The summed E-state index contributed by atoms with van der Waals surface area (Å²) >= 11 is 1.75. The van der Waals surface area contributed by atoms with Crippen LogP contribution in [0.1, 0.15) is 26.9 Å². The molecular weight excluding hydrogens is 447 g/mol. The molecule has 1 aromatic carbocycles. The van der Waals surface area contributed by atoms with Crippen LogP contribution in [-0.2, 0) is 11.3 Å². The van der Waals surface area contributed by atoms with E-state index in [-0.39, 0.29) is 23.4 Å². The van der Waals surface area contributed by atoms with Crippen LogP contribution >= 0.6 is 11.8 Å². The van der Waals surface area contributed by atoms with Crippen molar-refractivity contribution in [2.24, 2.45) is 0 Å². The van der Waals surface area contributed by atoms with Gasteiger partial charge in [0.1, 0.15) is 0 Å². The average molecular weight is 467 g/mol. The number of rotatable bonds is 4. The number of urea groups is 1. The lowest BCUT2D eigenvalue weighted by atomic mass is 10.1. The summed E-state index contributed by atoms with van der Waals surface area (Å²) in [5.74, 6) is -2.38. The van der Waals surface area contributed by atoms with Crippen LogP contribution in [0.5, 0.6) is 0 Å². The van der Waals surface area contributed by atoms with Crippen LogP contribution in [0.25, 0.3) is 0 Å². The van der Waals surface area contributed by atoms with Crippen LogP contribution in [0.15, 0.2) is 48.7 Å². The van der Waals surface area contributed by atoms with E-state index in [2.05, 4.69) is 10.3 Å². The molecule has 0 saturated carbocycles. The second-order valence-corrected chi connectivity index (χ2v) is 8.13. The third-order valence-corrected chi connectivity index (χ3v) is 5.79. The van der Waals surface area contributed by atoms with E-state index in [1.807, 2.05) is 18.2 Å². The number of halogens is 3.